The summed E-state index contributed by atoms with van der Waals surface area (Å²) >= 11 is 0. The van der Waals surface area contributed by atoms with Crippen molar-refractivity contribution in [3.63, 3.8) is 0 Å². The minimum atomic E-state index is -5.41. The van der Waals surface area contributed by atoms with Gasteiger partial charge in [0.05, 0.1) is 21.7 Å². The lowest BCUT2D eigenvalue weighted by atomic mass is 10.1. The second kappa shape index (κ2) is 5.79. The standard InChI is InChI=1S/C15H6F4N2O5/c16-11-9(21(24)25)5-6-10(12(11)26-15(17,18)19)20-13(22)7-3-1-2-4-8(7)14(20)23/h1-6H. The minimum Gasteiger partial charge on any atom is -0.400 e. The highest BCUT2D eigenvalue weighted by Gasteiger charge is 2.42. The molecule has 3 rings (SSSR count). The number of alkyl halides is 3. The maximum absolute atomic E-state index is 14.2. The molecule has 0 bridgehead atoms. The summed E-state index contributed by atoms with van der Waals surface area (Å²) in [5, 5.41) is 10.8. The molecule has 1 heterocycles. The van der Waals surface area contributed by atoms with Crippen LogP contribution in [0.1, 0.15) is 20.7 Å². The Labute approximate surface area is 141 Å². The predicted octanol–water partition coefficient (Wildman–Crippen LogP) is 3.43. The fourth-order valence-corrected chi connectivity index (χ4v) is 2.47. The van der Waals surface area contributed by atoms with Crippen LogP contribution in [-0.4, -0.2) is 23.1 Å². The van der Waals surface area contributed by atoms with Gasteiger partial charge < -0.3 is 4.74 Å². The lowest BCUT2D eigenvalue weighted by Crippen LogP contribution is -2.31. The molecule has 134 valence electrons. The Morgan fingerprint density at radius 2 is 1.54 bits per heavy atom. The van der Waals surface area contributed by atoms with Crippen LogP contribution in [0.3, 0.4) is 0 Å². The number of rotatable bonds is 3. The highest BCUT2D eigenvalue weighted by Crippen LogP contribution is 2.42. The number of benzene rings is 2. The fourth-order valence-electron chi connectivity index (χ4n) is 2.47. The number of carbonyl (C=O) groups is 2. The van der Waals surface area contributed by atoms with Gasteiger partial charge in [-0.2, -0.15) is 4.39 Å². The summed E-state index contributed by atoms with van der Waals surface area (Å²) in [6, 6.07) is 6.57. The van der Waals surface area contributed by atoms with Crippen molar-refractivity contribution in [2.45, 2.75) is 6.36 Å². The summed E-state index contributed by atoms with van der Waals surface area (Å²) in [5.74, 6) is -5.61. The van der Waals surface area contributed by atoms with E-state index in [4.69, 9.17) is 0 Å². The number of nitro benzene ring substituents is 1. The second-order valence-electron chi connectivity index (χ2n) is 5.04. The normalized spacial score (nSPS) is 13.8. The number of imide groups is 1. The molecule has 2 amide bonds. The summed E-state index contributed by atoms with van der Waals surface area (Å²) in [7, 11) is 0. The highest BCUT2D eigenvalue weighted by atomic mass is 19.4. The van der Waals surface area contributed by atoms with Crippen molar-refractivity contribution in [3.8, 4) is 5.75 Å². The van der Waals surface area contributed by atoms with E-state index in [0.717, 1.165) is 0 Å². The molecular formula is C15H6F4N2O5. The third-order valence-corrected chi connectivity index (χ3v) is 3.51. The average molecular weight is 370 g/mol. The van der Waals surface area contributed by atoms with Gasteiger partial charge in [-0.3, -0.25) is 19.7 Å². The second-order valence-corrected chi connectivity index (χ2v) is 5.04. The first kappa shape index (κ1) is 17.3. The molecule has 1 aliphatic heterocycles. The molecule has 0 spiro atoms. The van der Waals surface area contributed by atoms with Gasteiger partial charge in [0.15, 0.2) is 5.75 Å². The van der Waals surface area contributed by atoms with Crippen molar-refractivity contribution in [3.05, 3.63) is 63.5 Å². The molecule has 11 heteroatoms. The van der Waals surface area contributed by atoms with Crippen LogP contribution in [0.4, 0.5) is 28.9 Å². The van der Waals surface area contributed by atoms with Gasteiger partial charge in [-0.25, -0.2) is 4.90 Å². The molecule has 0 aliphatic carbocycles. The number of nitro groups is 1. The van der Waals surface area contributed by atoms with Crippen molar-refractivity contribution in [1.29, 1.82) is 0 Å². The monoisotopic (exact) mass is 370 g/mol. The first-order valence-corrected chi connectivity index (χ1v) is 6.82. The average Bonchev–Trinajstić information content (AvgIpc) is 2.80. The number of nitrogens with zero attached hydrogens (tertiary/aromatic N) is 2. The molecule has 0 saturated heterocycles. The molecule has 7 nitrogen and oxygen atoms in total. The van der Waals surface area contributed by atoms with Crippen LogP contribution < -0.4 is 9.64 Å². The van der Waals surface area contributed by atoms with E-state index in [-0.39, 0.29) is 16.0 Å². The van der Waals surface area contributed by atoms with Crippen LogP contribution in [0.5, 0.6) is 5.75 Å². The minimum absolute atomic E-state index is 0.103. The van der Waals surface area contributed by atoms with Crippen molar-refractivity contribution >= 4 is 23.2 Å². The summed E-state index contributed by atoms with van der Waals surface area (Å²) in [5.41, 5.74) is -2.40. The zero-order chi connectivity index (χ0) is 19.2. The molecule has 0 radical (unpaired) electrons. The zero-order valence-corrected chi connectivity index (χ0v) is 12.4. The third-order valence-electron chi connectivity index (χ3n) is 3.51. The zero-order valence-electron chi connectivity index (χ0n) is 12.4. The topological polar surface area (TPSA) is 89.8 Å². The van der Waals surface area contributed by atoms with Crippen molar-refractivity contribution in [1.82, 2.24) is 0 Å². The van der Waals surface area contributed by atoms with Crippen LogP contribution in [-0.2, 0) is 0 Å². The molecule has 1 aliphatic rings. The first-order chi connectivity index (χ1) is 12.1. The van der Waals surface area contributed by atoms with Gasteiger partial charge in [-0.05, 0) is 18.2 Å². The van der Waals surface area contributed by atoms with Gasteiger partial charge in [-0.15, -0.1) is 13.2 Å². The number of hydrogen-bond donors (Lipinski definition) is 0. The van der Waals surface area contributed by atoms with Crippen LogP contribution >= 0.6 is 0 Å². The largest absolute Gasteiger partial charge is 0.573 e. The number of amides is 2. The van der Waals surface area contributed by atoms with E-state index in [1.165, 1.54) is 24.3 Å². The molecule has 26 heavy (non-hydrogen) atoms. The highest BCUT2D eigenvalue weighted by molar-refractivity contribution is 6.34. The van der Waals surface area contributed by atoms with E-state index < -0.39 is 46.0 Å². The molecule has 0 atom stereocenters. The lowest BCUT2D eigenvalue weighted by molar-refractivity contribution is -0.387. The maximum Gasteiger partial charge on any atom is 0.573 e. The van der Waals surface area contributed by atoms with Gasteiger partial charge in [0, 0.05) is 6.07 Å². The van der Waals surface area contributed by atoms with Crippen LogP contribution in [0.15, 0.2) is 36.4 Å². The van der Waals surface area contributed by atoms with Gasteiger partial charge in [0.25, 0.3) is 11.8 Å². The summed E-state index contributed by atoms with van der Waals surface area (Å²) in [4.78, 5) is 34.5. The predicted molar refractivity (Wildman–Crippen MR) is 77.3 cm³/mol. The van der Waals surface area contributed by atoms with E-state index >= 15 is 0 Å². The molecule has 0 aromatic heterocycles. The quantitative estimate of drug-likeness (QED) is 0.357. The molecule has 0 N–H and O–H groups in total. The molecule has 2 aromatic rings. The van der Waals surface area contributed by atoms with Crippen molar-refractivity contribution in [2.24, 2.45) is 0 Å². The Morgan fingerprint density at radius 3 is 2.00 bits per heavy atom. The van der Waals surface area contributed by atoms with E-state index in [1.54, 1.807) is 0 Å². The van der Waals surface area contributed by atoms with Crippen LogP contribution in [0.25, 0.3) is 0 Å². The smallest absolute Gasteiger partial charge is 0.400 e. The fraction of sp³-hybridized carbons (Fsp3) is 0.0667. The van der Waals surface area contributed by atoms with Gasteiger partial charge in [-0.1, -0.05) is 12.1 Å². The lowest BCUT2D eigenvalue weighted by Gasteiger charge is -2.19. The summed E-state index contributed by atoms with van der Waals surface area (Å²) in [6.07, 6.45) is -5.41. The Balaban J connectivity index is 2.20. The van der Waals surface area contributed by atoms with Gasteiger partial charge in [0.1, 0.15) is 0 Å². The van der Waals surface area contributed by atoms with E-state index in [1.807, 2.05) is 0 Å². The number of fused-ring (bicyclic) bond motifs is 1. The van der Waals surface area contributed by atoms with Crippen LogP contribution in [0.2, 0.25) is 0 Å². The summed E-state index contributed by atoms with van der Waals surface area (Å²) in [6.45, 7) is 0. The Bertz CT molecular complexity index is 923. The third kappa shape index (κ3) is 2.72. The number of halogens is 4. The van der Waals surface area contributed by atoms with Crippen LogP contribution in [0, 0.1) is 15.9 Å². The summed E-state index contributed by atoms with van der Waals surface area (Å²) < 4.78 is 55.7. The molecule has 2 aromatic carbocycles. The van der Waals surface area contributed by atoms with Gasteiger partial charge >= 0.3 is 12.0 Å². The number of carbonyl (C=O) groups excluding carboxylic acids is 2. The first-order valence-electron chi connectivity index (χ1n) is 6.82. The molecule has 0 saturated carbocycles. The SMILES string of the molecule is O=C1c2ccccc2C(=O)N1c1ccc([N+](=O)[O-])c(F)c1OC(F)(F)F. The maximum atomic E-state index is 14.2. The Kier molecular flexibility index (Phi) is 3.86. The Hall–Kier alpha value is -3.50. The van der Waals surface area contributed by atoms with E-state index in [0.29, 0.717) is 12.1 Å². The number of anilines is 1. The molecular weight excluding hydrogens is 364 g/mol. The number of ether oxygens (including phenoxy) is 1. The van der Waals surface area contributed by atoms with Crippen molar-refractivity contribution < 1.29 is 36.8 Å². The van der Waals surface area contributed by atoms with E-state index in [2.05, 4.69) is 4.74 Å². The molecule has 0 unspecified atom stereocenters. The molecule has 0 fully saturated rings. The van der Waals surface area contributed by atoms with Gasteiger partial charge in [0.2, 0.25) is 5.82 Å². The Morgan fingerprint density at radius 1 is 1.00 bits per heavy atom. The van der Waals surface area contributed by atoms with E-state index in [9.17, 15) is 37.3 Å². The van der Waals surface area contributed by atoms with Crippen molar-refractivity contribution in [2.75, 3.05) is 4.90 Å². The number of hydrogen-bond acceptors (Lipinski definition) is 5.